The number of hydrogen-bond acceptors (Lipinski definition) is 7. The maximum Gasteiger partial charge on any atom is 0.241 e. The van der Waals surface area contributed by atoms with Crippen molar-refractivity contribution in [3.05, 3.63) is 0 Å². The van der Waals surface area contributed by atoms with Crippen LogP contribution >= 0.6 is 0 Å². The van der Waals surface area contributed by atoms with E-state index in [2.05, 4.69) is 27.9 Å². The average molecular weight is 465 g/mol. The Morgan fingerprint density at radius 2 is 1.76 bits per heavy atom. The van der Waals surface area contributed by atoms with Crippen molar-refractivity contribution in [1.82, 2.24) is 20.9 Å². The molecule has 2 saturated heterocycles. The molecule has 0 aromatic rings. The molecule has 4 atom stereocenters. The van der Waals surface area contributed by atoms with Gasteiger partial charge in [0.1, 0.15) is 12.1 Å². The van der Waals surface area contributed by atoms with Gasteiger partial charge in [-0.1, -0.05) is 19.8 Å². The summed E-state index contributed by atoms with van der Waals surface area (Å²) in [6.07, 6.45) is 4.68. The number of aliphatic imine (C=N–C) groups is 1. The van der Waals surface area contributed by atoms with E-state index in [1.807, 2.05) is 4.90 Å². The molecule has 2 heterocycles. The second-order valence-electron chi connectivity index (χ2n) is 9.14. The Kier molecular flexibility index (Phi) is 7.90. The summed E-state index contributed by atoms with van der Waals surface area (Å²) in [5, 5.41) is 8.73. The number of rotatable bonds is 11. The average Bonchev–Trinajstić information content (AvgIpc) is 3.57. The van der Waals surface area contributed by atoms with Crippen LogP contribution in [0.5, 0.6) is 0 Å². The third-order valence-electron chi connectivity index (χ3n) is 6.74. The Labute approximate surface area is 193 Å². The van der Waals surface area contributed by atoms with Crippen LogP contribution in [0.2, 0.25) is 0 Å². The molecular formula is C21H36N8O4. The van der Waals surface area contributed by atoms with Gasteiger partial charge < -0.3 is 33.2 Å². The Morgan fingerprint density at radius 3 is 2.33 bits per heavy atom. The zero-order valence-electron chi connectivity index (χ0n) is 19.1. The summed E-state index contributed by atoms with van der Waals surface area (Å²) < 4.78 is 0. The summed E-state index contributed by atoms with van der Waals surface area (Å²) in [5.41, 5.74) is 15.3. The summed E-state index contributed by atoms with van der Waals surface area (Å²) in [5.74, 6) is -1.34. The molecule has 1 aliphatic carbocycles. The van der Waals surface area contributed by atoms with Crippen molar-refractivity contribution in [2.45, 2.75) is 81.6 Å². The van der Waals surface area contributed by atoms with Crippen molar-refractivity contribution < 1.29 is 19.2 Å². The second-order valence-corrected chi connectivity index (χ2v) is 9.14. The van der Waals surface area contributed by atoms with Gasteiger partial charge in [0, 0.05) is 19.6 Å². The predicted molar refractivity (Wildman–Crippen MR) is 122 cm³/mol. The smallest absolute Gasteiger partial charge is 0.241 e. The molecule has 0 aromatic heterocycles. The highest BCUT2D eigenvalue weighted by molar-refractivity contribution is 6.00. The van der Waals surface area contributed by atoms with Gasteiger partial charge >= 0.3 is 0 Å². The summed E-state index contributed by atoms with van der Waals surface area (Å²) in [4.78, 5) is 56.6. The van der Waals surface area contributed by atoms with Gasteiger partial charge in [0.2, 0.25) is 17.7 Å². The number of piperazine rings is 2. The molecule has 2 aliphatic heterocycles. The van der Waals surface area contributed by atoms with Crippen molar-refractivity contribution >= 4 is 29.5 Å². The van der Waals surface area contributed by atoms with Crippen LogP contribution in [0.25, 0.3) is 0 Å². The number of guanidine groups is 1. The van der Waals surface area contributed by atoms with E-state index < -0.39 is 29.6 Å². The molecule has 3 amide bonds. The fraction of sp³-hybridized carbons (Fsp3) is 0.762. The monoisotopic (exact) mass is 464 g/mol. The molecule has 0 aromatic carbocycles. The SMILES string of the molecule is CCCC[C@H]1NC[C@H](C(=O)C2(N3C[C@@H](C(N)=O)NC(=O)[C@H]3CCCN=C(N)N)CC2)NC1=O. The second kappa shape index (κ2) is 10.5. The number of unbranched alkanes of at least 4 members (excludes halogenated alkanes) is 1. The van der Waals surface area contributed by atoms with Gasteiger partial charge in [-0.05, 0) is 32.1 Å². The minimum absolute atomic E-state index is 0.0274. The molecule has 184 valence electrons. The van der Waals surface area contributed by atoms with Gasteiger partial charge in [-0.15, -0.1) is 0 Å². The number of Topliss-reactive ketones (excluding diaryl/α,β-unsaturated/α-hetero) is 1. The zero-order valence-corrected chi connectivity index (χ0v) is 19.1. The van der Waals surface area contributed by atoms with E-state index in [-0.39, 0.29) is 36.1 Å². The molecule has 3 rings (SSSR count). The van der Waals surface area contributed by atoms with Gasteiger partial charge in [0.25, 0.3) is 0 Å². The molecule has 0 radical (unpaired) electrons. The highest BCUT2D eigenvalue weighted by Crippen LogP contribution is 2.46. The molecule has 12 nitrogen and oxygen atoms in total. The molecule has 0 unspecified atom stereocenters. The minimum atomic E-state index is -0.901. The topological polar surface area (TPSA) is 198 Å². The molecule has 9 N–H and O–H groups in total. The number of amides is 3. The summed E-state index contributed by atoms with van der Waals surface area (Å²) in [7, 11) is 0. The largest absolute Gasteiger partial charge is 0.370 e. The number of nitrogens with zero attached hydrogens (tertiary/aromatic N) is 2. The molecule has 3 fully saturated rings. The molecule has 1 saturated carbocycles. The van der Waals surface area contributed by atoms with Gasteiger partial charge in [0.15, 0.2) is 11.7 Å². The Morgan fingerprint density at radius 1 is 1.06 bits per heavy atom. The number of nitrogens with two attached hydrogens (primary N) is 3. The van der Waals surface area contributed by atoms with E-state index in [0.717, 1.165) is 19.3 Å². The first-order valence-electron chi connectivity index (χ1n) is 11.7. The summed E-state index contributed by atoms with van der Waals surface area (Å²) >= 11 is 0. The van der Waals surface area contributed by atoms with Crippen LogP contribution < -0.4 is 33.2 Å². The third-order valence-corrected chi connectivity index (χ3v) is 6.74. The van der Waals surface area contributed by atoms with Crippen molar-refractivity contribution in [1.29, 1.82) is 0 Å². The molecule has 33 heavy (non-hydrogen) atoms. The minimum Gasteiger partial charge on any atom is -0.370 e. The summed E-state index contributed by atoms with van der Waals surface area (Å²) in [6, 6.07) is -2.48. The Bertz CT molecular complexity index is 808. The molecule has 3 aliphatic rings. The number of carbonyl (C=O) groups excluding carboxylic acids is 4. The van der Waals surface area contributed by atoms with E-state index in [9.17, 15) is 19.2 Å². The van der Waals surface area contributed by atoms with Gasteiger partial charge in [-0.25, -0.2) is 0 Å². The lowest BCUT2D eigenvalue weighted by Crippen LogP contribution is -2.70. The predicted octanol–water partition coefficient (Wildman–Crippen LogP) is -2.56. The Balaban J connectivity index is 1.74. The molecule has 0 bridgehead atoms. The molecule has 12 heteroatoms. The number of nitrogens with one attached hydrogen (secondary N) is 3. The molecular weight excluding hydrogens is 428 g/mol. The van der Waals surface area contributed by atoms with E-state index in [0.29, 0.717) is 38.8 Å². The van der Waals surface area contributed by atoms with Crippen molar-refractivity contribution in [2.24, 2.45) is 22.2 Å². The normalized spacial score (nSPS) is 29.0. The van der Waals surface area contributed by atoms with Crippen molar-refractivity contribution in [3.63, 3.8) is 0 Å². The maximum atomic E-state index is 13.6. The van der Waals surface area contributed by atoms with Crippen LogP contribution in [0.15, 0.2) is 4.99 Å². The first-order chi connectivity index (χ1) is 15.7. The van der Waals surface area contributed by atoms with E-state index in [1.165, 1.54) is 0 Å². The number of primary amides is 1. The van der Waals surface area contributed by atoms with Crippen molar-refractivity contribution in [2.75, 3.05) is 19.6 Å². The van der Waals surface area contributed by atoms with Crippen LogP contribution in [0.3, 0.4) is 0 Å². The van der Waals surface area contributed by atoms with E-state index in [1.54, 1.807) is 0 Å². The number of hydrogen-bond donors (Lipinski definition) is 6. The first-order valence-corrected chi connectivity index (χ1v) is 11.7. The highest BCUT2D eigenvalue weighted by Gasteiger charge is 2.60. The Hall–Kier alpha value is -2.73. The number of carbonyl (C=O) groups is 4. The van der Waals surface area contributed by atoms with E-state index in [4.69, 9.17) is 17.2 Å². The lowest BCUT2D eigenvalue weighted by Gasteiger charge is -2.44. The number of ketones is 1. The van der Waals surface area contributed by atoms with Crippen LogP contribution in [-0.4, -0.2) is 83.7 Å². The van der Waals surface area contributed by atoms with Crippen LogP contribution in [0.1, 0.15) is 51.9 Å². The quantitative estimate of drug-likeness (QED) is 0.109. The first kappa shape index (κ1) is 24.9. The standard InChI is InChI=1S/C21H36N8O4/c1-2-3-5-12-18(32)27-13(10-26-12)16(30)21(7-8-21)29-11-14(17(22)31)28-19(33)15(29)6-4-9-25-20(23)24/h12-15,26H,2-11H2,1H3,(H2,22,31)(H,27,32)(H,28,33)(H4,23,24,25)/t12-,13-,14+,15-/m1/s1. The zero-order chi connectivity index (χ0) is 24.2. The van der Waals surface area contributed by atoms with Crippen molar-refractivity contribution in [3.8, 4) is 0 Å². The molecule has 0 spiro atoms. The van der Waals surface area contributed by atoms with Gasteiger partial charge in [-0.2, -0.15) is 0 Å². The van der Waals surface area contributed by atoms with E-state index >= 15 is 0 Å². The fourth-order valence-corrected chi connectivity index (χ4v) is 4.79. The van der Waals surface area contributed by atoms with Crippen LogP contribution in [-0.2, 0) is 19.2 Å². The van der Waals surface area contributed by atoms with Crippen LogP contribution in [0.4, 0.5) is 0 Å². The highest BCUT2D eigenvalue weighted by atomic mass is 16.2. The maximum absolute atomic E-state index is 13.6. The van der Waals surface area contributed by atoms with Crippen LogP contribution in [0, 0.1) is 0 Å². The van der Waals surface area contributed by atoms with Gasteiger partial charge in [0.05, 0.1) is 17.6 Å². The summed E-state index contributed by atoms with van der Waals surface area (Å²) in [6.45, 7) is 2.90. The fourth-order valence-electron chi connectivity index (χ4n) is 4.79. The lowest BCUT2D eigenvalue weighted by atomic mass is 9.92. The lowest BCUT2D eigenvalue weighted by molar-refractivity contribution is -0.144. The van der Waals surface area contributed by atoms with Gasteiger partial charge in [-0.3, -0.25) is 29.1 Å². The third kappa shape index (κ3) is 5.61.